The first-order valence-electron chi connectivity index (χ1n) is 11.7. The Hall–Kier alpha value is -2.15. The molecular formula is C24H29N3O3S. The topological polar surface area (TPSA) is 75.4 Å². The highest BCUT2D eigenvalue weighted by atomic mass is 32.1. The number of hydrogen-bond donors (Lipinski definition) is 1. The number of carbonyl (C=O) groups is 2. The van der Waals surface area contributed by atoms with Crippen molar-refractivity contribution in [3.8, 4) is 0 Å². The Morgan fingerprint density at radius 3 is 2.58 bits per heavy atom. The lowest BCUT2D eigenvalue weighted by atomic mass is 9.49. The van der Waals surface area contributed by atoms with E-state index in [0.29, 0.717) is 24.0 Å². The van der Waals surface area contributed by atoms with Gasteiger partial charge in [0.2, 0.25) is 5.91 Å². The lowest BCUT2D eigenvalue weighted by Crippen LogP contribution is -2.48. The van der Waals surface area contributed by atoms with Crippen molar-refractivity contribution in [1.82, 2.24) is 9.88 Å². The molecule has 0 radical (unpaired) electrons. The Kier molecular flexibility index (Phi) is 4.70. The van der Waals surface area contributed by atoms with Crippen LogP contribution in [-0.2, 0) is 10.2 Å². The largest absolute Gasteiger partial charge is 0.459 e. The molecule has 2 aromatic heterocycles. The van der Waals surface area contributed by atoms with E-state index in [4.69, 9.17) is 9.40 Å². The molecule has 4 bridgehead atoms. The number of aromatic nitrogens is 1. The van der Waals surface area contributed by atoms with Crippen molar-refractivity contribution in [3.05, 3.63) is 35.2 Å². The van der Waals surface area contributed by atoms with Gasteiger partial charge in [0.05, 0.1) is 17.9 Å². The van der Waals surface area contributed by atoms with Crippen molar-refractivity contribution < 1.29 is 14.0 Å². The predicted molar refractivity (Wildman–Crippen MR) is 118 cm³/mol. The van der Waals surface area contributed by atoms with Gasteiger partial charge in [-0.2, -0.15) is 0 Å². The first kappa shape index (κ1) is 19.5. The van der Waals surface area contributed by atoms with Gasteiger partial charge in [-0.25, -0.2) is 4.98 Å². The smallest absolute Gasteiger partial charge is 0.289 e. The van der Waals surface area contributed by atoms with Crippen molar-refractivity contribution in [1.29, 1.82) is 0 Å². The van der Waals surface area contributed by atoms with Gasteiger partial charge in [0, 0.05) is 23.9 Å². The maximum atomic E-state index is 13.0. The van der Waals surface area contributed by atoms with Crippen LogP contribution in [0.15, 0.2) is 28.2 Å². The number of hydrogen-bond acceptors (Lipinski definition) is 5. The highest BCUT2D eigenvalue weighted by molar-refractivity contribution is 7.14. The quantitative estimate of drug-likeness (QED) is 0.750. The molecule has 31 heavy (non-hydrogen) atoms. The molecule has 164 valence electrons. The molecule has 0 unspecified atom stereocenters. The van der Waals surface area contributed by atoms with E-state index in [2.05, 4.69) is 10.7 Å². The zero-order chi connectivity index (χ0) is 21.0. The van der Waals surface area contributed by atoms with E-state index >= 15 is 0 Å². The number of anilines is 1. The third-order valence-electron chi connectivity index (χ3n) is 8.13. The van der Waals surface area contributed by atoms with Crippen molar-refractivity contribution in [2.45, 2.75) is 56.8 Å². The molecule has 1 atom stereocenters. The first-order valence-corrected chi connectivity index (χ1v) is 12.6. The van der Waals surface area contributed by atoms with Crippen LogP contribution in [0.3, 0.4) is 0 Å². The van der Waals surface area contributed by atoms with Crippen molar-refractivity contribution in [3.63, 3.8) is 0 Å². The van der Waals surface area contributed by atoms with Gasteiger partial charge >= 0.3 is 0 Å². The van der Waals surface area contributed by atoms with Crippen molar-refractivity contribution in [2.75, 3.05) is 18.4 Å². The fourth-order valence-electron chi connectivity index (χ4n) is 7.14. The van der Waals surface area contributed by atoms with Crippen LogP contribution >= 0.6 is 11.3 Å². The zero-order valence-corrected chi connectivity index (χ0v) is 18.5. The number of rotatable bonds is 4. The summed E-state index contributed by atoms with van der Waals surface area (Å²) in [7, 11) is 0. The summed E-state index contributed by atoms with van der Waals surface area (Å²) in [6.07, 6.45) is 11.2. The summed E-state index contributed by atoms with van der Waals surface area (Å²) in [6, 6.07) is 3.39. The van der Waals surface area contributed by atoms with Crippen LogP contribution < -0.4 is 5.32 Å². The normalized spacial score (nSPS) is 34.1. The monoisotopic (exact) mass is 439 g/mol. The molecule has 5 fully saturated rings. The van der Waals surface area contributed by atoms with Crippen LogP contribution in [0.4, 0.5) is 5.13 Å². The predicted octanol–water partition coefficient (Wildman–Crippen LogP) is 4.69. The van der Waals surface area contributed by atoms with Gasteiger partial charge in [-0.1, -0.05) is 0 Å². The van der Waals surface area contributed by atoms with Gasteiger partial charge in [-0.15, -0.1) is 11.3 Å². The minimum Gasteiger partial charge on any atom is -0.459 e. The number of furan rings is 1. The molecule has 0 spiro atoms. The van der Waals surface area contributed by atoms with E-state index < -0.39 is 0 Å². The van der Waals surface area contributed by atoms with Crippen LogP contribution in [0.2, 0.25) is 0 Å². The Morgan fingerprint density at radius 2 is 1.90 bits per heavy atom. The second-order valence-electron chi connectivity index (χ2n) is 10.3. The highest BCUT2D eigenvalue weighted by Crippen LogP contribution is 2.60. The Balaban J connectivity index is 1.12. The molecule has 5 aliphatic rings. The molecule has 7 rings (SSSR count). The van der Waals surface area contributed by atoms with Gasteiger partial charge in [-0.3, -0.25) is 9.59 Å². The Bertz CT molecular complexity index is 947. The molecule has 0 aromatic carbocycles. The maximum absolute atomic E-state index is 13.0. The van der Waals surface area contributed by atoms with E-state index in [1.807, 2.05) is 0 Å². The van der Waals surface area contributed by atoms with Gasteiger partial charge in [0.15, 0.2) is 10.9 Å². The van der Waals surface area contributed by atoms with Gasteiger partial charge in [-0.05, 0) is 81.3 Å². The molecule has 4 saturated carbocycles. The SMILES string of the molecule is O=C(Nc1nc(C23CC4CC(CC(C4)C2)C3)cs1)[C@@H]1CCCN(C(=O)c2ccco2)C1. The van der Waals surface area contributed by atoms with E-state index in [0.717, 1.165) is 30.6 Å². The second kappa shape index (κ2) is 7.47. The summed E-state index contributed by atoms with van der Waals surface area (Å²) in [5, 5.41) is 5.97. The van der Waals surface area contributed by atoms with Crippen LogP contribution in [-0.4, -0.2) is 34.8 Å². The summed E-state index contributed by atoms with van der Waals surface area (Å²) in [5.41, 5.74) is 1.47. The third-order valence-corrected chi connectivity index (χ3v) is 8.88. The molecule has 2 aromatic rings. The molecule has 1 saturated heterocycles. The molecule has 4 aliphatic carbocycles. The molecule has 6 nitrogen and oxygen atoms in total. The van der Waals surface area contributed by atoms with Crippen molar-refractivity contribution >= 4 is 28.3 Å². The van der Waals surface area contributed by atoms with Crippen LogP contribution in [0, 0.1) is 23.7 Å². The number of carbonyl (C=O) groups excluding carboxylic acids is 2. The number of likely N-dealkylation sites (tertiary alicyclic amines) is 1. The van der Waals surface area contributed by atoms with E-state index in [-0.39, 0.29) is 23.1 Å². The average Bonchev–Trinajstić information content (AvgIpc) is 3.45. The Morgan fingerprint density at radius 1 is 1.16 bits per heavy atom. The first-order chi connectivity index (χ1) is 15.1. The molecule has 2 amide bonds. The fraction of sp³-hybridized carbons (Fsp3) is 0.625. The summed E-state index contributed by atoms with van der Waals surface area (Å²) >= 11 is 1.56. The van der Waals surface area contributed by atoms with Gasteiger partial charge < -0.3 is 14.6 Å². The highest BCUT2D eigenvalue weighted by Gasteiger charge is 2.52. The molecule has 3 heterocycles. The Labute approximate surface area is 186 Å². The minimum absolute atomic E-state index is 0.0247. The number of nitrogens with one attached hydrogen (secondary N) is 1. The maximum Gasteiger partial charge on any atom is 0.289 e. The standard InChI is InChI=1S/C24H29N3O3S/c28-21(18-3-1-5-27(13-18)22(29)19-4-2-6-30-19)26-23-25-20(14-31-23)24-10-15-7-16(11-24)9-17(8-15)12-24/h2,4,6,14-18H,1,3,5,7-13H2,(H,25,26,28)/t15?,16?,17?,18-,24?/m1/s1. The molecule has 7 heteroatoms. The molecule has 1 aliphatic heterocycles. The van der Waals surface area contributed by atoms with E-state index in [9.17, 15) is 9.59 Å². The minimum atomic E-state index is -0.209. The van der Waals surface area contributed by atoms with Crippen LogP contribution in [0.1, 0.15) is 67.6 Å². The summed E-state index contributed by atoms with van der Waals surface area (Å²) < 4.78 is 5.24. The van der Waals surface area contributed by atoms with E-state index in [1.165, 1.54) is 50.5 Å². The average molecular weight is 440 g/mol. The van der Waals surface area contributed by atoms with Gasteiger partial charge in [0.1, 0.15) is 0 Å². The summed E-state index contributed by atoms with van der Waals surface area (Å²) in [6.45, 7) is 1.09. The summed E-state index contributed by atoms with van der Waals surface area (Å²) in [4.78, 5) is 32.2. The number of amides is 2. The second-order valence-corrected chi connectivity index (χ2v) is 11.2. The van der Waals surface area contributed by atoms with Crippen LogP contribution in [0.25, 0.3) is 0 Å². The number of nitrogens with zero attached hydrogens (tertiary/aromatic N) is 2. The van der Waals surface area contributed by atoms with Crippen LogP contribution in [0.5, 0.6) is 0 Å². The number of thiazole rings is 1. The van der Waals surface area contributed by atoms with E-state index in [1.54, 1.807) is 28.4 Å². The zero-order valence-electron chi connectivity index (χ0n) is 17.7. The number of piperidine rings is 1. The third kappa shape index (κ3) is 3.51. The molecular weight excluding hydrogens is 410 g/mol. The van der Waals surface area contributed by atoms with Gasteiger partial charge in [0.25, 0.3) is 5.91 Å². The lowest BCUT2D eigenvalue weighted by molar-refractivity contribution is -0.121. The summed E-state index contributed by atoms with van der Waals surface area (Å²) in [5.74, 6) is 2.60. The lowest BCUT2D eigenvalue weighted by Gasteiger charge is -2.56. The van der Waals surface area contributed by atoms with Crippen molar-refractivity contribution in [2.24, 2.45) is 23.7 Å². The molecule has 1 N–H and O–H groups in total. The fourth-order valence-corrected chi connectivity index (χ4v) is 7.97.